The highest BCUT2D eigenvalue weighted by Gasteiger charge is 2.64. The minimum atomic E-state index is -4.62. The number of anilines is 1. The third-order valence-electron chi connectivity index (χ3n) is 7.28. The van der Waals surface area contributed by atoms with Crippen LogP contribution in [0.4, 0.5) is 23.2 Å². The van der Waals surface area contributed by atoms with E-state index in [2.05, 4.69) is 10.0 Å². The number of sulfonamides is 1. The summed E-state index contributed by atoms with van der Waals surface area (Å²) in [6, 6.07) is 8.36. The van der Waals surface area contributed by atoms with Crippen LogP contribution in [-0.4, -0.2) is 36.4 Å². The van der Waals surface area contributed by atoms with Crippen LogP contribution in [0.15, 0.2) is 47.4 Å². The zero-order valence-electron chi connectivity index (χ0n) is 23.5. The number of pyridine rings is 1. The number of aryl methyl sites for hydroxylation is 3. The molecule has 0 atom stereocenters. The Morgan fingerprint density at radius 2 is 1.74 bits per heavy atom. The number of hydrogen-bond acceptors (Lipinski definition) is 6. The second-order valence-electron chi connectivity index (χ2n) is 10.5. The first-order valence-corrected chi connectivity index (χ1v) is 15.6. The van der Waals surface area contributed by atoms with Crippen LogP contribution in [0.3, 0.4) is 0 Å². The van der Waals surface area contributed by atoms with Crippen LogP contribution in [0.5, 0.6) is 11.5 Å². The molecule has 2 aromatic carbocycles. The molecule has 2 aromatic heterocycles. The summed E-state index contributed by atoms with van der Waals surface area (Å²) >= 11 is 0.839. The molecular weight excluding hydrogens is 610 g/mol. The molecule has 1 saturated carbocycles. The van der Waals surface area contributed by atoms with Gasteiger partial charge in [0, 0.05) is 30.1 Å². The minimum absolute atomic E-state index is 0.0895. The lowest BCUT2D eigenvalue weighted by Crippen LogP contribution is -2.47. The van der Waals surface area contributed by atoms with E-state index in [0.717, 1.165) is 11.3 Å². The van der Waals surface area contributed by atoms with Gasteiger partial charge in [-0.15, -0.1) is 11.3 Å². The Bertz CT molecular complexity index is 1920. The molecule has 14 heteroatoms. The van der Waals surface area contributed by atoms with Crippen molar-refractivity contribution in [2.75, 3.05) is 10.5 Å². The van der Waals surface area contributed by atoms with E-state index in [1.807, 2.05) is 0 Å². The van der Waals surface area contributed by atoms with Crippen molar-refractivity contribution in [1.82, 2.24) is 9.88 Å². The SMILES string of the molecule is CCS(=O)(=O)Nc1ccc(Oc2c(C)cc(F)cc2C)c(-c2cn(C)c(=O)c3cc(C(=O)NC4(C(F)(F)F)CC4)sc23)c1. The Balaban J connectivity index is 1.68. The van der Waals surface area contributed by atoms with Crippen molar-refractivity contribution in [3.63, 3.8) is 0 Å². The third kappa shape index (κ3) is 5.85. The fraction of sp³-hybridized carbons (Fsp3) is 0.310. The van der Waals surface area contributed by atoms with Gasteiger partial charge in [0.05, 0.1) is 20.7 Å². The Morgan fingerprint density at radius 1 is 1.09 bits per heavy atom. The number of aromatic nitrogens is 1. The Morgan fingerprint density at radius 3 is 2.33 bits per heavy atom. The minimum Gasteiger partial charge on any atom is -0.456 e. The Labute approximate surface area is 248 Å². The zero-order valence-corrected chi connectivity index (χ0v) is 25.1. The van der Waals surface area contributed by atoms with Gasteiger partial charge in [0.1, 0.15) is 22.9 Å². The lowest BCUT2D eigenvalue weighted by molar-refractivity contribution is -0.163. The molecule has 2 heterocycles. The standard InChI is InChI=1S/C29H27F4N3O5S2/c1-5-43(39,40)35-18-6-7-22(41-24-15(2)10-17(30)11-16(24)3)19(12-18)21-14-36(4)27(38)20-13-23(42-25(20)21)26(37)34-28(8-9-28)29(31,32)33/h6-7,10-14,35H,5,8-9H2,1-4H3,(H,34,37). The number of ether oxygens (including phenoxy) is 1. The van der Waals surface area contributed by atoms with Gasteiger partial charge in [-0.25, -0.2) is 12.8 Å². The smallest absolute Gasteiger partial charge is 0.411 e. The van der Waals surface area contributed by atoms with Gasteiger partial charge in [-0.2, -0.15) is 13.2 Å². The number of fused-ring (bicyclic) bond motifs is 1. The van der Waals surface area contributed by atoms with Gasteiger partial charge in [0.2, 0.25) is 10.0 Å². The number of amides is 1. The predicted molar refractivity (Wildman–Crippen MR) is 157 cm³/mol. The molecule has 1 fully saturated rings. The second kappa shape index (κ2) is 10.7. The highest BCUT2D eigenvalue weighted by atomic mass is 32.2. The third-order valence-corrected chi connectivity index (χ3v) is 9.75. The summed E-state index contributed by atoms with van der Waals surface area (Å²) < 4.78 is 89.5. The van der Waals surface area contributed by atoms with Gasteiger partial charge in [-0.05, 0) is 81.1 Å². The van der Waals surface area contributed by atoms with E-state index < -0.39 is 39.0 Å². The molecule has 8 nitrogen and oxygen atoms in total. The second-order valence-corrected chi connectivity index (χ2v) is 13.6. The largest absolute Gasteiger partial charge is 0.456 e. The number of carbonyl (C=O) groups excluding carboxylic acids is 1. The number of alkyl halides is 3. The lowest BCUT2D eigenvalue weighted by Gasteiger charge is -2.20. The molecule has 1 aliphatic rings. The molecule has 0 saturated heterocycles. The van der Waals surface area contributed by atoms with E-state index in [1.54, 1.807) is 13.8 Å². The topological polar surface area (TPSA) is 106 Å². The van der Waals surface area contributed by atoms with Gasteiger partial charge < -0.3 is 14.6 Å². The lowest BCUT2D eigenvalue weighted by atomic mass is 10.0. The van der Waals surface area contributed by atoms with Crippen LogP contribution in [-0.2, 0) is 17.1 Å². The molecule has 1 aliphatic carbocycles. The Kier molecular flexibility index (Phi) is 7.58. The molecule has 0 aliphatic heterocycles. The highest BCUT2D eigenvalue weighted by Crippen LogP contribution is 2.49. The molecule has 0 spiro atoms. The van der Waals surface area contributed by atoms with Crippen LogP contribution in [0, 0.1) is 19.7 Å². The van der Waals surface area contributed by atoms with Gasteiger partial charge in [-0.1, -0.05) is 0 Å². The van der Waals surface area contributed by atoms with Gasteiger partial charge in [0.15, 0.2) is 0 Å². The van der Waals surface area contributed by atoms with E-state index in [-0.39, 0.29) is 45.0 Å². The molecule has 5 rings (SSSR count). The van der Waals surface area contributed by atoms with Gasteiger partial charge in [0.25, 0.3) is 11.5 Å². The molecule has 228 valence electrons. The maximum Gasteiger partial charge on any atom is 0.411 e. The fourth-order valence-electron chi connectivity index (χ4n) is 4.75. The van der Waals surface area contributed by atoms with Crippen LogP contribution >= 0.6 is 11.3 Å². The van der Waals surface area contributed by atoms with Crippen LogP contribution in [0.25, 0.3) is 21.2 Å². The first kappa shape index (κ1) is 30.5. The summed E-state index contributed by atoms with van der Waals surface area (Å²) in [5, 5.41) is 2.18. The molecule has 4 aromatic rings. The molecule has 0 bridgehead atoms. The normalized spacial score (nSPS) is 14.5. The highest BCUT2D eigenvalue weighted by molar-refractivity contribution is 7.92. The van der Waals surface area contributed by atoms with Crippen molar-refractivity contribution in [2.45, 2.75) is 45.3 Å². The maximum atomic E-state index is 14.0. The molecular formula is C29H27F4N3O5S2. The van der Waals surface area contributed by atoms with Gasteiger partial charge >= 0.3 is 6.18 Å². The Hall–Kier alpha value is -3.91. The summed E-state index contributed by atoms with van der Waals surface area (Å²) in [5.74, 6) is -1.01. The average molecular weight is 638 g/mol. The van der Waals surface area contributed by atoms with E-state index in [9.17, 15) is 35.6 Å². The van der Waals surface area contributed by atoms with Crippen LogP contribution < -0.4 is 20.3 Å². The molecule has 1 amide bonds. The monoisotopic (exact) mass is 637 g/mol. The van der Waals surface area contributed by atoms with Crippen molar-refractivity contribution in [1.29, 1.82) is 0 Å². The number of halogens is 4. The summed E-state index contributed by atoms with van der Waals surface area (Å²) in [7, 11) is -2.20. The summed E-state index contributed by atoms with van der Waals surface area (Å²) in [5.41, 5.74) is -0.899. The van der Waals surface area contributed by atoms with E-state index in [4.69, 9.17) is 4.74 Å². The molecule has 2 N–H and O–H groups in total. The predicted octanol–water partition coefficient (Wildman–Crippen LogP) is 6.40. The van der Waals surface area contributed by atoms with E-state index in [0.29, 0.717) is 28.0 Å². The number of carbonyl (C=O) groups is 1. The molecule has 43 heavy (non-hydrogen) atoms. The zero-order chi connectivity index (χ0) is 31.5. The average Bonchev–Trinajstić information content (AvgIpc) is 3.57. The van der Waals surface area contributed by atoms with E-state index >= 15 is 0 Å². The van der Waals surface area contributed by atoms with Crippen molar-refractivity contribution >= 4 is 43.0 Å². The summed E-state index contributed by atoms with van der Waals surface area (Å²) in [6.07, 6.45) is -3.60. The number of hydrogen-bond donors (Lipinski definition) is 2. The van der Waals surface area contributed by atoms with E-state index in [1.165, 1.54) is 61.1 Å². The number of nitrogens with one attached hydrogen (secondary N) is 2. The first-order chi connectivity index (χ1) is 20.0. The van der Waals surface area contributed by atoms with Crippen LogP contribution in [0.2, 0.25) is 0 Å². The number of rotatable bonds is 8. The number of thiophene rings is 1. The maximum absolute atomic E-state index is 14.0. The quantitative estimate of drug-likeness (QED) is 0.218. The van der Waals surface area contributed by atoms with Crippen molar-refractivity contribution in [2.24, 2.45) is 7.05 Å². The van der Waals surface area contributed by atoms with Crippen molar-refractivity contribution in [3.05, 3.63) is 74.8 Å². The first-order valence-electron chi connectivity index (χ1n) is 13.2. The number of nitrogens with zero attached hydrogens (tertiary/aromatic N) is 1. The summed E-state index contributed by atoms with van der Waals surface area (Å²) in [4.78, 5) is 26.0. The fourth-order valence-corrected chi connectivity index (χ4v) is 6.45. The molecule has 0 unspecified atom stereocenters. The van der Waals surface area contributed by atoms with Crippen LogP contribution in [0.1, 0.15) is 40.6 Å². The van der Waals surface area contributed by atoms with Crippen molar-refractivity contribution in [3.8, 4) is 22.6 Å². The van der Waals surface area contributed by atoms with Gasteiger partial charge in [-0.3, -0.25) is 14.3 Å². The van der Waals surface area contributed by atoms with Crippen molar-refractivity contribution < 1.29 is 35.5 Å². The molecule has 0 radical (unpaired) electrons. The summed E-state index contributed by atoms with van der Waals surface area (Å²) in [6.45, 7) is 4.80. The number of benzene rings is 2.